The third-order valence-corrected chi connectivity index (χ3v) is 4.05. The summed E-state index contributed by atoms with van der Waals surface area (Å²) in [5.41, 5.74) is 1.38. The highest BCUT2D eigenvalue weighted by Gasteiger charge is 2.17. The normalized spacial score (nSPS) is 16.8. The number of benzene rings is 1. The van der Waals surface area contributed by atoms with E-state index in [-0.39, 0.29) is 12.0 Å². The first kappa shape index (κ1) is 16.7. The Morgan fingerprint density at radius 1 is 1.21 bits per heavy atom. The van der Waals surface area contributed by atoms with E-state index in [0.717, 1.165) is 25.0 Å². The number of hydrogen-bond donors (Lipinski definition) is 2. The molecule has 1 amide bonds. The maximum Gasteiger partial charge on any atom is 0.271 e. The van der Waals surface area contributed by atoms with Crippen molar-refractivity contribution >= 4 is 23.3 Å². The third kappa shape index (κ3) is 4.66. The highest BCUT2D eigenvalue weighted by atomic mass is 35.5. The van der Waals surface area contributed by atoms with Gasteiger partial charge in [0.1, 0.15) is 5.82 Å². The number of amides is 1. The first-order chi connectivity index (χ1) is 11.7. The molecule has 0 saturated carbocycles. The molecule has 1 fully saturated rings. The van der Waals surface area contributed by atoms with Gasteiger partial charge >= 0.3 is 0 Å². The van der Waals surface area contributed by atoms with Gasteiger partial charge in [-0.05, 0) is 42.7 Å². The number of ether oxygens (including phenoxy) is 1. The minimum absolute atomic E-state index is 0.113. The molecule has 126 valence electrons. The van der Waals surface area contributed by atoms with Crippen LogP contribution in [-0.4, -0.2) is 35.4 Å². The van der Waals surface area contributed by atoms with Crippen LogP contribution < -0.4 is 10.6 Å². The zero-order valence-corrected chi connectivity index (χ0v) is 13.9. The molecule has 6 nitrogen and oxygen atoms in total. The van der Waals surface area contributed by atoms with Crippen molar-refractivity contribution in [3.8, 4) is 0 Å². The van der Waals surface area contributed by atoms with Gasteiger partial charge in [-0.15, -0.1) is 10.2 Å². The van der Waals surface area contributed by atoms with E-state index in [4.69, 9.17) is 16.3 Å². The molecule has 1 aliphatic heterocycles. The summed E-state index contributed by atoms with van der Waals surface area (Å²) in [6.45, 7) is 1.89. The number of carbonyl (C=O) groups excluding carboxylic acids is 1. The molecule has 2 heterocycles. The number of anilines is 1. The lowest BCUT2D eigenvalue weighted by Crippen LogP contribution is -2.32. The first-order valence-corrected chi connectivity index (χ1v) is 8.30. The fraction of sp³-hybridized carbons (Fsp3) is 0.353. The Kier molecular flexibility index (Phi) is 5.61. The second kappa shape index (κ2) is 8.08. The summed E-state index contributed by atoms with van der Waals surface area (Å²) in [4.78, 5) is 12.0. The molecule has 7 heteroatoms. The number of nitrogens with zero attached hydrogens (tertiary/aromatic N) is 2. The molecule has 1 unspecified atom stereocenters. The predicted octanol–water partition coefficient (Wildman–Crippen LogP) is 2.65. The minimum atomic E-state index is -0.234. The Morgan fingerprint density at radius 3 is 2.71 bits per heavy atom. The zero-order chi connectivity index (χ0) is 16.8. The summed E-state index contributed by atoms with van der Waals surface area (Å²) in [5, 5.41) is 14.7. The highest BCUT2D eigenvalue weighted by Crippen LogP contribution is 2.12. The van der Waals surface area contributed by atoms with Gasteiger partial charge in [-0.2, -0.15) is 0 Å². The van der Waals surface area contributed by atoms with E-state index in [1.807, 2.05) is 24.3 Å². The van der Waals surface area contributed by atoms with Gasteiger partial charge in [0, 0.05) is 24.7 Å². The molecule has 2 aromatic rings. The molecule has 0 aliphatic carbocycles. The monoisotopic (exact) mass is 346 g/mol. The molecule has 1 atom stereocenters. The fourth-order valence-corrected chi connectivity index (χ4v) is 2.57. The molecule has 0 radical (unpaired) electrons. The van der Waals surface area contributed by atoms with Crippen LogP contribution >= 0.6 is 11.6 Å². The van der Waals surface area contributed by atoms with Crippen molar-refractivity contribution in [2.75, 3.05) is 18.5 Å². The number of carbonyl (C=O) groups is 1. The topological polar surface area (TPSA) is 76.1 Å². The van der Waals surface area contributed by atoms with Crippen LogP contribution in [0.3, 0.4) is 0 Å². The van der Waals surface area contributed by atoms with Crippen molar-refractivity contribution in [3.05, 3.63) is 52.7 Å². The molecule has 0 bridgehead atoms. The van der Waals surface area contributed by atoms with Gasteiger partial charge in [-0.1, -0.05) is 23.7 Å². The van der Waals surface area contributed by atoms with Gasteiger partial charge in [0.05, 0.1) is 6.10 Å². The summed E-state index contributed by atoms with van der Waals surface area (Å²) in [6.07, 6.45) is 2.15. The second-order valence-electron chi connectivity index (χ2n) is 5.63. The van der Waals surface area contributed by atoms with Crippen LogP contribution in [0.1, 0.15) is 28.9 Å². The molecule has 3 rings (SSSR count). The van der Waals surface area contributed by atoms with E-state index in [2.05, 4.69) is 20.8 Å². The summed E-state index contributed by atoms with van der Waals surface area (Å²) in [6, 6.07) is 11.0. The lowest BCUT2D eigenvalue weighted by Gasteiger charge is -2.10. The van der Waals surface area contributed by atoms with Gasteiger partial charge in [0.15, 0.2) is 5.69 Å². The van der Waals surface area contributed by atoms with Crippen LogP contribution in [0.4, 0.5) is 5.82 Å². The number of rotatable bonds is 6. The van der Waals surface area contributed by atoms with Crippen molar-refractivity contribution in [3.63, 3.8) is 0 Å². The first-order valence-electron chi connectivity index (χ1n) is 7.92. The molecule has 24 heavy (non-hydrogen) atoms. The second-order valence-corrected chi connectivity index (χ2v) is 6.07. The zero-order valence-electron chi connectivity index (χ0n) is 13.2. The predicted molar refractivity (Wildman–Crippen MR) is 92.1 cm³/mol. The highest BCUT2D eigenvalue weighted by molar-refractivity contribution is 6.30. The van der Waals surface area contributed by atoms with Gasteiger partial charge in [0.2, 0.25) is 0 Å². The van der Waals surface area contributed by atoms with Crippen LogP contribution in [0.5, 0.6) is 0 Å². The minimum Gasteiger partial charge on any atom is -0.376 e. The smallest absolute Gasteiger partial charge is 0.271 e. The molecule has 1 aliphatic rings. The molecule has 1 aromatic carbocycles. The number of aromatic nitrogens is 2. The number of halogens is 1. The Bertz CT molecular complexity index is 670. The summed E-state index contributed by atoms with van der Waals surface area (Å²) < 4.78 is 5.47. The van der Waals surface area contributed by atoms with E-state index < -0.39 is 0 Å². The Morgan fingerprint density at radius 2 is 2.04 bits per heavy atom. The average Bonchev–Trinajstić information content (AvgIpc) is 3.13. The Hall–Kier alpha value is -2.18. The average molecular weight is 347 g/mol. The molecule has 0 spiro atoms. The molecular formula is C17H19ClN4O2. The van der Waals surface area contributed by atoms with Crippen LogP contribution in [-0.2, 0) is 11.3 Å². The fourth-order valence-electron chi connectivity index (χ4n) is 2.44. The standard InChI is InChI=1S/C17H19ClN4O2/c18-13-5-3-12(4-6-13)10-19-16-8-7-15(21-22-16)17(23)20-11-14-2-1-9-24-14/h3-8,14H,1-2,9-11H2,(H,19,22)(H,20,23). The summed E-state index contributed by atoms with van der Waals surface area (Å²) in [7, 11) is 0. The molecule has 1 aromatic heterocycles. The quantitative estimate of drug-likeness (QED) is 0.841. The van der Waals surface area contributed by atoms with Crippen molar-refractivity contribution < 1.29 is 9.53 Å². The van der Waals surface area contributed by atoms with Crippen molar-refractivity contribution in [2.24, 2.45) is 0 Å². The van der Waals surface area contributed by atoms with E-state index in [1.54, 1.807) is 12.1 Å². The number of hydrogen-bond acceptors (Lipinski definition) is 5. The van der Waals surface area contributed by atoms with Gasteiger partial charge in [-0.3, -0.25) is 4.79 Å². The Labute approximate surface area is 145 Å². The van der Waals surface area contributed by atoms with E-state index in [1.165, 1.54) is 0 Å². The maximum absolute atomic E-state index is 12.0. The summed E-state index contributed by atoms with van der Waals surface area (Å²) >= 11 is 5.85. The maximum atomic E-state index is 12.0. The van der Waals surface area contributed by atoms with E-state index >= 15 is 0 Å². The summed E-state index contributed by atoms with van der Waals surface area (Å²) in [5.74, 6) is 0.378. The van der Waals surface area contributed by atoms with E-state index in [0.29, 0.717) is 29.6 Å². The molecular weight excluding hydrogens is 328 g/mol. The van der Waals surface area contributed by atoms with Crippen molar-refractivity contribution in [2.45, 2.75) is 25.5 Å². The van der Waals surface area contributed by atoms with Gasteiger partial charge in [-0.25, -0.2) is 0 Å². The van der Waals surface area contributed by atoms with Crippen LogP contribution in [0.25, 0.3) is 0 Å². The number of nitrogens with one attached hydrogen (secondary N) is 2. The Balaban J connectivity index is 1.48. The van der Waals surface area contributed by atoms with Gasteiger partial charge in [0.25, 0.3) is 5.91 Å². The molecule has 2 N–H and O–H groups in total. The van der Waals surface area contributed by atoms with Crippen LogP contribution in [0.2, 0.25) is 5.02 Å². The van der Waals surface area contributed by atoms with Crippen molar-refractivity contribution in [1.29, 1.82) is 0 Å². The van der Waals surface area contributed by atoms with E-state index in [9.17, 15) is 4.79 Å². The lowest BCUT2D eigenvalue weighted by atomic mass is 10.2. The SMILES string of the molecule is O=C(NCC1CCCO1)c1ccc(NCc2ccc(Cl)cc2)nn1. The lowest BCUT2D eigenvalue weighted by molar-refractivity contribution is 0.0853. The van der Waals surface area contributed by atoms with Crippen LogP contribution in [0.15, 0.2) is 36.4 Å². The largest absolute Gasteiger partial charge is 0.376 e. The third-order valence-electron chi connectivity index (χ3n) is 3.80. The van der Waals surface area contributed by atoms with Gasteiger partial charge < -0.3 is 15.4 Å². The van der Waals surface area contributed by atoms with Crippen LogP contribution in [0, 0.1) is 0 Å². The van der Waals surface area contributed by atoms with Crippen molar-refractivity contribution in [1.82, 2.24) is 15.5 Å². The molecule has 1 saturated heterocycles.